The third-order valence-corrected chi connectivity index (χ3v) is 6.03. The SMILES string of the molecule is Cn1nc(C(=O)Nc2cccc(CN3CCOCC3)c2)cc1NC(=O)C1CCCCC1. The van der Waals surface area contributed by atoms with E-state index in [2.05, 4.69) is 26.7 Å². The first-order valence-electron chi connectivity index (χ1n) is 11.1. The summed E-state index contributed by atoms with van der Waals surface area (Å²) in [6, 6.07) is 9.50. The first-order chi connectivity index (χ1) is 15.1. The van der Waals surface area contributed by atoms with Crippen LogP contribution in [-0.2, 0) is 23.1 Å². The predicted octanol–water partition coefficient (Wildman–Crippen LogP) is 3.02. The molecule has 2 heterocycles. The molecule has 2 fully saturated rings. The van der Waals surface area contributed by atoms with E-state index in [0.717, 1.165) is 69.8 Å². The Hall–Kier alpha value is -2.71. The van der Waals surface area contributed by atoms with E-state index in [1.807, 2.05) is 18.2 Å². The first-order valence-corrected chi connectivity index (χ1v) is 11.1. The minimum Gasteiger partial charge on any atom is -0.379 e. The molecular weight excluding hydrogens is 394 g/mol. The predicted molar refractivity (Wildman–Crippen MR) is 119 cm³/mol. The zero-order valence-electron chi connectivity index (χ0n) is 18.1. The van der Waals surface area contributed by atoms with Gasteiger partial charge in [-0.3, -0.25) is 19.2 Å². The quantitative estimate of drug-likeness (QED) is 0.743. The Morgan fingerprint density at radius 2 is 1.87 bits per heavy atom. The van der Waals surface area contributed by atoms with Gasteiger partial charge in [-0.1, -0.05) is 31.4 Å². The molecule has 1 aromatic carbocycles. The van der Waals surface area contributed by atoms with E-state index in [0.29, 0.717) is 5.82 Å². The lowest BCUT2D eigenvalue weighted by Crippen LogP contribution is -2.35. The Bertz CT molecular complexity index is 914. The summed E-state index contributed by atoms with van der Waals surface area (Å²) in [4.78, 5) is 27.6. The number of benzene rings is 1. The van der Waals surface area contributed by atoms with Crippen LogP contribution in [0.3, 0.4) is 0 Å². The smallest absolute Gasteiger partial charge is 0.276 e. The molecule has 0 radical (unpaired) electrons. The molecule has 31 heavy (non-hydrogen) atoms. The van der Waals surface area contributed by atoms with Crippen molar-refractivity contribution in [2.75, 3.05) is 36.9 Å². The summed E-state index contributed by atoms with van der Waals surface area (Å²) in [7, 11) is 1.73. The summed E-state index contributed by atoms with van der Waals surface area (Å²) in [5.74, 6) is 0.319. The molecular formula is C23H31N5O3. The van der Waals surface area contributed by atoms with Crippen LogP contribution < -0.4 is 10.6 Å². The summed E-state index contributed by atoms with van der Waals surface area (Å²) in [6.45, 7) is 4.18. The highest BCUT2D eigenvalue weighted by Crippen LogP contribution is 2.25. The van der Waals surface area contributed by atoms with Crippen molar-refractivity contribution >= 4 is 23.3 Å². The molecule has 166 valence electrons. The molecule has 0 bridgehead atoms. The Kier molecular flexibility index (Phi) is 6.99. The van der Waals surface area contributed by atoms with Gasteiger partial charge < -0.3 is 15.4 Å². The van der Waals surface area contributed by atoms with Crippen molar-refractivity contribution in [2.24, 2.45) is 13.0 Å². The van der Waals surface area contributed by atoms with E-state index < -0.39 is 0 Å². The minimum absolute atomic E-state index is 0.0190. The van der Waals surface area contributed by atoms with Crippen molar-refractivity contribution < 1.29 is 14.3 Å². The van der Waals surface area contributed by atoms with Gasteiger partial charge >= 0.3 is 0 Å². The fraction of sp³-hybridized carbons (Fsp3) is 0.522. The molecule has 2 aliphatic rings. The average molecular weight is 426 g/mol. The average Bonchev–Trinajstić information content (AvgIpc) is 3.15. The molecule has 2 N–H and O–H groups in total. The number of aromatic nitrogens is 2. The van der Waals surface area contributed by atoms with Gasteiger partial charge in [0.1, 0.15) is 5.82 Å². The Morgan fingerprint density at radius 3 is 2.65 bits per heavy atom. The van der Waals surface area contributed by atoms with E-state index in [-0.39, 0.29) is 23.4 Å². The van der Waals surface area contributed by atoms with Gasteiger partial charge in [-0.15, -0.1) is 0 Å². The lowest BCUT2D eigenvalue weighted by molar-refractivity contribution is -0.120. The van der Waals surface area contributed by atoms with Crippen molar-refractivity contribution in [3.05, 3.63) is 41.6 Å². The largest absolute Gasteiger partial charge is 0.379 e. The number of carbonyl (C=O) groups is 2. The number of nitrogens with one attached hydrogen (secondary N) is 2. The number of carbonyl (C=O) groups excluding carboxylic acids is 2. The second-order valence-electron chi connectivity index (χ2n) is 8.41. The van der Waals surface area contributed by atoms with E-state index in [9.17, 15) is 9.59 Å². The highest BCUT2D eigenvalue weighted by molar-refractivity contribution is 6.04. The van der Waals surface area contributed by atoms with Crippen LogP contribution in [0.5, 0.6) is 0 Å². The third-order valence-electron chi connectivity index (χ3n) is 6.03. The molecule has 1 saturated heterocycles. The molecule has 1 aliphatic heterocycles. The van der Waals surface area contributed by atoms with Gasteiger partial charge in [0.25, 0.3) is 5.91 Å². The lowest BCUT2D eigenvalue weighted by atomic mass is 9.89. The number of amides is 2. The van der Waals surface area contributed by atoms with Gasteiger partial charge in [-0.25, -0.2) is 0 Å². The highest BCUT2D eigenvalue weighted by atomic mass is 16.5. The number of aryl methyl sites for hydroxylation is 1. The third kappa shape index (κ3) is 5.71. The zero-order chi connectivity index (χ0) is 21.6. The molecule has 8 heteroatoms. The monoisotopic (exact) mass is 425 g/mol. The second kappa shape index (κ2) is 10.1. The van der Waals surface area contributed by atoms with E-state index in [4.69, 9.17) is 4.74 Å². The number of morpholine rings is 1. The summed E-state index contributed by atoms with van der Waals surface area (Å²) in [5.41, 5.74) is 2.15. The van der Waals surface area contributed by atoms with E-state index in [1.165, 1.54) is 6.42 Å². The summed E-state index contributed by atoms with van der Waals surface area (Å²) in [5, 5.41) is 10.2. The fourth-order valence-corrected chi connectivity index (χ4v) is 4.25. The van der Waals surface area contributed by atoms with Crippen LogP contribution in [0.1, 0.15) is 48.2 Å². The molecule has 1 aliphatic carbocycles. The molecule has 0 atom stereocenters. The molecule has 0 unspecified atom stereocenters. The van der Waals surface area contributed by atoms with Crippen LogP contribution in [-0.4, -0.2) is 52.8 Å². The summed E-state index contributed by atoms with van der Waals surface area (Å²) < 4.78 is 6.95. The zero-order valence-corrected chi connectivity index (χ0v) is 18.1. The second-order valence-corrected chi connectivity index (χ2v) is 8.41. The Balaban J connectivity index is 1.37. The normalized spacial score (nSPS) is 18.0. The van der Waals surface area contributed by atoms with Crippen LogP contribution in [0, 0.1) is 5.92 Å². The van der Waals surface area contributed by atoms with Crippen molar-refractivity contribution in [1.29, 1.82) is 0 Å². The van der Waals surface area contributed by atoms with Crippen molar-refractivity contribution in [3.8, 4) is 0 Å². The minimum atomic E-state index is -0.294. The highest BCUT2D eigenvalue weighted by Gasteiger charge is 2.23. The standard InChI is InChI=1S/C23H31N5O3/c1-27-21(25-22(29)18-7-3-2-4-8-18)15-20(26-27)23(30)24-19-9-5-6-17(14-19)16-28-10-12-31-13-11-28/h5-6,9,14-15,18H,2-4,7-8,10-13,16H2,1H3,(H,24,30)(H,25,29). The fourth-order valence-electron chi connectivity index (χ4n) is 4.25. The number of hydrogen-bond acceptors (Lipinski definition) is 5. The molecule has 2 amide bonds. The first kappa shape index (κ1) is 21.5. The number of rotatable bonds is 6. The molecule has 8 nitrogen and oxygen atoms in total. The topological polar surface area (TPSA) is 88.5 Å². The van der Waals surface area contributed by atoms with Crippen LogP contribution in [0.2, 0.25) is 0 Å². The maximum Gasteiger partial charge on any atom is 0.276 e. The van der Waals surface area contributed by atoms with Gasteiger partial charge in [0.15, 0.2) is 5.69 Å². The molecule has 1 aromatic heterocycles. The van der Waals surface area contributed by atoms with Crippen molar-refractivity contribution in [2.45, 2.75) is 38.6 Å². The van der Waals surface area contributed by atoms with Gasteiger partial charge in [0.05, 0.1) is 13.2 Å². The van der Waals surface area contributed by atoms with Gasteiger partial charge in [-0.2, -0.15) is 5.10 Å². The van der Waals surface area contributed by atoms with Crippen LogP contribution in [0.25, 0.3) is 0 Å². The summed E-state index contributed by atoms with van der Waals surface area (Å²) in [6.07, 6.45) is 5.26. The van der Waals surface area contributed by atoms with Crippen LogP contribution in [0.4, 0.5) is 11.5 Å². The van der Waals surface area contributed by atoms with E-state index in [1.54, 1.807) is 17.8 Å². The molecule has 1 saturated carbocycles. The number of ether oxygens (including phenoxy) is 1. The van der Waals surface area contributed by atoms with Gasteiger partial charge in [-0.05, 0) is 30.5 Å². The molecule has 0 spiro atoms. The van der Waals surface area contributed by atoms with Gasteiger partial charge in [0, 0.05) is 44.4 Å². The molecule has 2 aromatic rings. The number of nitrogens with zero attached hydrogens (tertiary/aromatic N) is 3. The Morgan fingerprint density at radius 1 is 1.10 bits per heavy atom. The van der Waals surface area contributed by atoms with E-state index >= 15 is 0 Å². The van der Waals surface area contributed by atoms with Crippen molar-refractivity contribution in [1.82, 2.24) is 14.7 Å². The molecule has 4 rings (SSSR count). The lowest BCUT2D eigenvalue weighted by Gasteiger charge is -2.26. The van der Waals surface area contributed by atoms with Crippen LogP contribution >= 0.6 is 0 Å². The maximum atomic E-state index is 12.7. The summed E-state index contributed by atoms with van der Waals surface area (Å²) >= 11 is 0. The van der Waals surface area contributed by atoms with Crippen LogP contribution in [0.15, 0.2) is 30.3 Å². The maximum absolute atomic E-state index is 12.7. The van der Waals surface area contributed by atoms with Crippen molar-refractivity contribution in [3.63, 3.8) is 0 Å². The Labute approximate surface area is 182 Å². The number of anilines is 2. The number of hydrogen-bond donors (Lipinski definition) is 2. The van der Waals surface area contributed by atoms with Gasteiger partial charge in [0.2, 0.25) is 5.91 Å².